The molecule has 0 fully saturated rings. The summed E-state index contributed by atoms with van der Waals surface area (Å²) in [5.74, 6) is -0.0223. The number of carbonyl (C=O) groups excluding carboxylic acids is 1. The molecule has 19 heavy (non-hydrogen) atoms. The largest absolute Gasteiger partial charge is 0.409 e. The zero-order valence-electron chi connectivity index (χ0n) is 10.3. The predicted molar refractivity (Wildman–Crippen MR) is 70.2 cm³/mol. The van der Waals surface area contributed by atoms with Crippen molar-refractivity contribution in [3.8, 4) is 0 Å². The van der Waals surface area contributed by atoms with E-state index in [4.69, 9.17) is 10.9 Å². The van der Waals surface area contributed by atoms with Crippen LogP contribution in [0.3, 0.4) is 0 Å². The lowest BCUT2D eigenvalue weighted by molar-refractivity contribution is 0.0955. The molecule has 0 spiro atoms. The van der Waals surface area contributed by atoms with Gasteiger partial charge in [-0.3, -0.25) is 4.79 Å². The summed E-state index contributed by atoms with van der Waals surface area (Å²) in [5.41, 5.74) is 6.63. The molecule has 7 nitrogen and oxygen atoms in total. The van der Waals surface area contributed by atoms with Gasteiger partial charge in [-0.1, -0.05) is 11.2 Å². The Bertz CT molecular complexity index is 605. The maximum atomic E-state index is 12.0. The lowest BCUT2D eigenvalue weighted by Gasteiger charge is -2.03. The third-order valence-corrected chi connectivity index (χ3v) is 2.69. The number of rotatable bonds is 5. The average molecular weight is 261 g/mol. The van der Waals surface area contributed by atoms with Crippen LogP contribution in [0.5, 0.6) is 0 Å². The highest BCUT2D eigenvalue weighted by molar-refractivity contribution is 6.00. The van der Waals surface area contributed by atoms with Gasteiger partial charge in [-0.15, -0.1) is 0 Å². The number of hydrogen-bond donors (Lipinski definition) is 3. The Morgan fingerprint density at radius 3 is 3.16 bits per heavy atom. The number of nitrogens with zero attached hydrogens (tertiary/aromatic N) is 3. The van der Waals surface area contributed by atoms with E-state index in [0.29, 0.717) is 24.9 Å². The van der Waals surface area contributed by atoms with Crippen LogP contribution >= 0.6 is 0 Å². The molecular weight excluding hydrogens is 246 g/mol. The number of pyridine rings is 1. The fraction of sp³-hybridized carbons (Fsp3) is 0.250. The molecule has 0 unspecified atom stereocenters. The van der Waals surface area contributed by atoms with E-state index in [0.717, 1.165) is 5.52 Å². The predicted octanol–water partition coefficient (Wildman–Crippen LogP) is 0.591. The lowest BCUT2D eigenvalue weighted by Crippen LogP contribution is -2.25. The minimum Gasteiger partial charge on any atom is -0.409 e. The Balaban J connectivity index is 1.93. The van der Waals surface area contributed by atoms with Gasteiger partial charge in [0.1, 0.15) is 5.84 Å². The van der Waals surface area contributed by atoms with Gasteiger partial charge in [-0.25, -0.2) is 4.52 Å². The summed E-state index contributed by atoms with van der Waals surface area (Å²) in [6.45, 7) is 0.458. The van der Waals surface area contributed by atoms with Gasteiger partial charge in [0.05, 0.1) is 17.3 Å². The van der Waals surface area contributed by atoms with E-state index in [1.54, 1.807) is 10.7 Å². The molecular formula is C12H15N5O2. The number of carbonyl (C=O) groups is 1. The second kappa shape index (κ2) is 5.85. The summed E-state index contributed by atoms with van der Waals surface area (Å²) in [7, 11) is 0. The molecule has 100 valence electrons. The Labute approximate surface area is 109 Å². The van der Waals surface area contributed by atoms with Gasteiger partial charge in [0, 0.05) is 19.2 Å². The van der Waals surface area contributed by atoms with Crippen LogP contribution in [0.1, 0.15) is 23.2 Å². The van der Waals surface area contributed by atoms with Crippen LogP contribution in [0.4, 0.5) is 0 Å². The van der Waals surface area contributed by atoms with Crippen molar-refractivity contribution >= 4 is 17.3 Å². The van der Waals surface area contributed by atoms with Crippen LogP contribution in [-0.2, 0) is 0 Å². The molecule has 4 N–H and O–H groups in total. The van der Waals surface area contributed by atoms with Crippen molar-refractivity contribution in [1.82, 2.24) is 14.9 Å². The smallest absolute Gasteiger partial charge is 0.255 e. The van der Waals surface area contributed by atoms with E-state index in [-0.39, 0.29) is 11.7 Å². The zero-order valence-corrected chi connectivity index (χ0v) is 10.3. The molecule has 2 heterocycles. The summed E-state index contributed by atoms with van der Waals surface area (Å²) >= 11 is 0. The molecule has 1 amide bonds. The summed E-state index contributed by atoms with van der Waals surface area (Å²) in [6, 6.07) is 5.53. The summed E-state index contributed by atoms with van der Waals surface area (Å²) in [5, 5.41) is 18.1. The highest BCUT2D eigenvalue weighted by Crippen LogP contribution is 2.09. The van der Waals surface area contributed by atoms with E-state index in [1.807, 2.05) is 18.2 Å². The molecule has 0 aromatic carbocycles. The maximum absolute atomic E-state index is 12.0. The van der Waals surface area contributed by atoms with Crippen molar-refractivity contribution in [2.45, 2.75) is 12.8 Å². The van der Waals surface area contributed by atoms with Crippen molar-refractivity contribution in [1.29, 1.82) is 0 Å². The SMILES string of the molecule is N/C(CCCNC(=O)c1cnn2ccccc12)=N/O. The molecule has 0 aliphatic carbocycles. The van der Waals surface area contributed by atoms with Crippen LogP contribution in [0.25, 0.3) is 5.52 Å². The quantitative estimate of drug-likeness (QED) is 0.241. The number of nitrogens with two attached hydrogens (primary N) is 1. The first kappa shape index (κ1) is 12.9. The number of oxime groups is 1. The molecule has 2 aromatic heterocycles. The van der Waals surface area contributed by atoms with Crippen molar-refractivity contribution in [3.63, 3.8) is 0 Å². The molecule has 0 atom stereocenters. The Kier molecular flexibility index (Phi) is 3.97. The summed E-state index contributed by atoms with van der Waals surface area (Å²) < 4.78 is 1.64. The van der Waals surface area contributed by atoms with Gasteiger partial charge in [0.15, 0.2) is 0 Å². The standard InChI is InChI=1S/C12H15N5O2/c13-11(16-19)5-3-6-14-12(18)9-8-15-17-7-2-1-4-10(9)17/h1-2,4,7-8,19H,3,5-6H2,(H2,13,16)(H,14,18). The number of aromatic nitrogens is 2. The second-order valence-electron chi connectivity index (χ2n) is 4.04. The molecule has 2 aromatic rings. The van der Waals surface area contributed by atoms with Gasteiger partial charge in [-0.2, -0.15) is 5.10 Å². The van der Waals surface area contributed by atoms with Crippen molar-refractivity contribution in [3.05, 3.63) is 36.2 Å². The molecule has 0 radical (unpaired) electrons. The molecule has 0 aliphatic heterocycles. The van der Waals surface area contributed by atoms with E-state index < -0.39 is 0 Å². The van der Waals surface area contributed by atoms with Gasteiger partial charge in [-0.05, 0) is 18.6 Å². The van der Waals surface area contributed by atoms with E-state index >= 15 is 0 Å². The zero-order chi connectivity index (χ0) is 13.7. The number of nitrogens with one attached hydrogen (secondary N) is 1. The summed E-state index contributed by atoms with van der Waals surface area (Å²) in [6.07, 6.45) is 4.37. The van der Waals surface area contributed by atoms with Gasteiger partial charge in [0.2, 0.25) is 0 Å². The van der Waals surface area contributed by atoms with Gasteiger partial charge >= 0.3 is 0 Å². The molecule has 0 saturated carbocycles. The van der Waals surface area contributed by atoms with Crippen LogP contribution in [0, 0.1) is 0 Å². The average Bonchev–Trinajstić information content (AvgIpc) is 2.87. The van der Waals surface area contributed by atoms with Gasteiger partial charge < -0.3 is 16.3 Å². The monoisotopic (exact) mass is 261 g/mol. The van der Waals surface area contributed by atoms with Gasteiger partial charge in [0.25, 0.3) is 5.91 Å². The lowest BCUT2D eigenvalue weighted by atomic mass is 10.2. The van der Waals surface area contributed by atoms with Crippen LogP contribution < -0.4 is 11.1 Å². The third kappa shape index (κ3) is 3.01. The van der Waals surface area contributed by atoms with Crippen molar-refractivity contribution in [2.75, 3.05) is 6.54 Å². The highest BCUT2D eigenvalue weighted by atomic mass is 16.4. The summed E-state index contributed by atoms with van der Waals surface area (Å²) in [4.78, 5) is 12.0. The Hall–Kier alpha value is -2.57. The number of amidine groups is 1. The first-order valence-electron chi connectivity index (χ1n) is 5.89. The number of hydrogen-bond acceptors (Lipinski definition) is 4. The van der Waals surface area contributed by atoms with E-state index in [2.05, 4.69) is 15.6 Å². The molecule has 0 bridgehead atoms. The van der Waals surface area contributed by atoms with E-state index in [1.165, 1.54) is 6.20 Å². The third-order valence-electron chi connectivity index (χ3n) is 2.69. The molecule has 2 rings (SSSR count). The minimum atomic E-state index is -0.180. The number of amides is 1. The van der Waals surface area contributed by atoms with Crippen molar-refractivity contribution in [2.24, 2.45) is 10.9 Å². The minimum absolute atomic E-state index is 0.158. The normalized spacial score (nSPS) is 11.7. The van der Waals surface area contributed by atoms with E-state index in [9.17, 15) is 4.79 Å². The van der Waals surface area contributed by atoms with Crippen LogP contribution in [-0.4, -0.2) is 33.1 Å². The Morgan fingerprint density at radius 1 is 1.53 bits per heavy atom. The molecule has 7 heteroatoms. The molecule has 0 saturated heterocycles. The molecule has 0 aliphatic rings. The Morgan fingerprint density at radius 2 is 2.37 bits per heavy atom. The first-order valence-corrected chi connectivity index (χ1v) is 5.89. The fourth-order valence-electron chi connectivity index (χ4n) is 1.73. The topological polar surface area (TPSA) is 105 Å². The fourth-order valence-corrected chi connectivity index (χ4v) is 1.73. The second-order valence-corrected chi connectivity index (χ2v) is 4.04. The van der Waals surface area contributed by atoms with Crippen molar-refractivity contribution < 1.29 is 10.0 Å². The maximum Gasteiger partial charge on any atom is 0.255 e. The van der Waals surface area contributed by atoms with Crippen LogP contribution in [0.15, 0.2) is 35.7 Å². The van der Waals surface area contributed by atoms with Crippen LogP contribution in [0.2, 0.25) is 0 Å². The first-order chi connectivity index (χ1) is 9.22. The number of fused-ring (bicyclic) bond motifs is 1. The highest BCUT2D eigenvalue weighted by Gasteiger charge is 2.11.